The average Bonchev–Trinajstić information content (AvgIpc) is 2.47. The van der Waals surface area contributed by atoms with Crippen LogP contribution in [-0.2, 0) is 13.2 Å². The summed E-state index contributed by atoms with van der Waals surface area (Å²) in [5.74, 6) is 0. The Morgan fingerprint density at radius 3 is 2.30 bits per heavy atom. The molecule has 0 aliphatic heterocycles. The Labute approximate surface area is 121 Å². The summed E-state index contributed by atoms with van der Waals surface area (Å²) in [5, 5.41) is 12.6. The van der Waals surface area contributed by atoms with Crippen molar-refractivity contribution in [3.63, 3.8) is 0 Å². The fraction of sp³-hybridized carbons (Fsp3) is 0.333. The topological polar surface area (TPSA) is 32.3 Å². The van der Waals surface area contributed by atoms with Crippen LogP contribution in [0.1, 0.15) is 40.8 Å². The molecule has 0 amide bonds. The fourth-order valence-electron chi connectivity index (χ4n) is 2.37. The van der Waals surface area contributed by atoms with Crippen molar-refractivity contribution >= 4 is 0 Å². The molecule has 0 saturated heterocycles. The van der Waals surface area contributed by atoms with Crippen molar-refractivity contribution in [1.29, 1.82) is 0 Å². The van der Waals surface area contributed by atoms with Crippen LogP contribution in [0.3, 0.4) is 0 Å². The molecule has 2 heteroatoms. The molecule has 0 radical (unpaired) electrons. The Kier molecular flexibility index (Phi) is 4.94. The van der Waals surface area contributed by atoms with Crippen LogP contribution in [0, 0.1) is 13.8 Å². The minimum atomic E-state index is 0.104. The van der Waals surface area contributed by atoms with Gasteiger partial charge in [0.1, 0.15) is 0 Å². The Hall–Kier alpha value is -1.64. The predicted octanol–water partition coefficient (Wildman–Crippen LogP) is 3.65. The average molecular weight is 269 g/mol. The molecule has 0 saturated carbocycles. The first kappa shape index (κ1) is 14.8. The van der Waals surface area contributed by atoms with Crippen molar-refractivity contribution in [2.75, 3.05) is 0 Å². The molecule has 2 aromatic rings. The van der Waals surface area contributed by atoms with Gasteiger partial charge in [0, 0.05) is 12.6 Å². The van der Waals surface area contributed by atoms with E-state index in [0.29, 0.717) is 6.04 Å². The molecule has 2 nitrogen and oxygen atoms in total. The molecule has 0 aromatic heterocycles. The molecule has 0 aliphatic carbocycles. The molecule has 2 N–H and O–H groups in total. The van der Waals surface area contributed by atoms with Crippen LogP contribution in [0.2, 0.25) is 0 Å². The third-order valence-corrected chi connectivity index (χ3v) is 3.72. The lowest BCUT2D eigenvalue weighted by Crippen LogP contribution is -2.19. The zero-order valence-corrected chi connectivity index (χ0v) is 12.5. The SMILES string of the molecule is Cc1ccc(C)c(C(C)NCc2ccc(CO)cc2)c1. The molecule has 2 aromatic carbocycles. The standard InChI is InChI=1S/C18H23NO/c1-13-4-5-14(2)18(10-13)15(3)19-11-16-6-8-17(12-20)9-7-16/h4-10,15,19-20H,11-12H2,1-3H3. The third-order valence-electron chi connectivity index (χ3n) is 3.72. The number of hydrogen-bond donors (Lipinski definition) is 2. The lowest BCUT2D eigenvalue weighted by atomic mass is 10.00. The van der Waals surface area contributed by atoms with Gasteiger partial charge >= 0.3 is 0 Å². The maximum atomic E-state index is 9.04. The van der Waals surface area contributed by atoms with Gasteiger partial charge in [-0.1, -0.05) is 48.0 Å². The highest BCUT2D eigenvalue weighted by atomic mass is 16.3. The summed E-state index contributed by atoms with van der Waals surface area (Å²) >= 11 is 0. The van der Waals surface area contributed by atoms with Crippen molar-refractivity contribution in [2.45, 2.75) is 40.0 Å². The summed E-state index contributed by atoms with van der Waals surface area (Å²) in [6, 6.07) is 15.0. The highest BCUT2D eigenvalue weighted by Gasteiger charge is 2.08. The minimum absolute atomic E-state index is 0.104. The second kappa shape index (κ2) is 6.69. The van der Waals surface area contributed by atoms with Gasteiger partial charge in [-0.05, 0) is 43.0 Å². The van der Waals surface area contributed by atoms with Gasteiger partial charge in [0.25, 0.3) is 0 Å². The van der Waals surface area contributed by atoms with Crippen LogP contribution in [0.4, 0.5) is 0 Å². The highest BCUT2D eigenvalue weighted by Crippen LogP contribution is 2.19. The van der Waals surface area contributed by atoms with Gasteiger partial charge in [0.15, 0.2) is 0 Å². The molecule has 0 fully saturated rings. The number of aliphatic hydroxyl groups excluding tert-OH is 1. The van der Waals surface area contributed by atoms with Crippen LogP contribution < -0.4 is 5.32 Å². The van der Waals surface area contributed by atoms with E-state index in [9.17, 15) is 0 Å². The van der Waals surface area contributed by atoms with Gasteiger partial charge in [-0.2, -0.15) is 0 Å². The van der Waals surface area contributed by atoms with Crippen LogP contribution in [0.15, 0.2) is 42.5 Å². The first-order chi connectivity index (χ1) is 9.60. The molecule has 106 valence electrons. The van der Waals surface area contributed by atoms with E-state index in [-0.39, 0.29) is 6.61 Å². The van der Waals surface area contributed by atoms with Crippen LogP contribution >= 0.6 is 0 Å². The molecule has 20 heavy (non-hydrogen) atoms. The van der Waals surface area contributed by atoms with E-state index in [1.165, 1.54) is 22.3 Å². The van der Waals surface area contributed by atoms with E-state index in [4.69, 9.17) is 5.11 Å². The quantitative estimate of drug-likeness (QED) is 0.868. The van der Waals surface area contributed by atoms with Crippen molar-refractivity contribution in [3.8, 4) is 0 Å². The third kappa shape index (κ3) is 3.69. The Morgan fingerprint density at radius 2 is 1.65 bits per heavy atom. The largest absolute Gasteiger partial charge is 0.392 e. The summed E-state index contributed by atoms with van der Waals surface area (Å²) in [4.78, 5) is 0. The molecular weight excluding hydrogens is 246 g/mol. The summed E-state index contributed by atoms with van der Waals surface area (Å²) in [6.07, 6.45) is 0. The molecule has 0 spiro atoms. The maximum absolute atomic E-state index is 9.04. The summed E-state index contributed by atoms with van der Waals surface area (Å²) in [7, 11) is 0. The van der Waals surface area contributed by atoms with Crippen LogP contribution in [-0.4, -0.2) is 5.11 Å². The van der Waals surface area contributed by atoms with E-state index >= 15 is 0 Å². The fourth-order valence-corrected chi connectivity index (χ4v) is 2.37. The Bertz CT molecular complexity index is 560. The molecule has 1 atom stereocenters. The molecule has 0 bridgehead atoms. The smallest absolute Gasteiger partial charge is 0.0681 e. The molecule has 0 heterocycles. The number of rotatable bonds is 5. The minimum Gasteiger partial charge on any atom is -0.392 e. The van der Waals surface area contributed by atoms with Crippen molar-refractivity contribution in [1.82, 2.24) is 5.32 Å². The number of hydrogen-bond acceptors (Lipinski definition) is 2. The van der Waals surface area contributed by atoms with E-state index in [2.05, 4.69) is 56.4 Å². The van der Waals surface area contributed by atoms with E-state index in [1.54, 1.807) is 0 Å². The first-order valence-corrected chi connectivity index (χ1v) is 7.09. The maximum Gasteiger partial charge on any atom is 0.0681 e. The lowest BCUT2D eigenvalue weighted by Gasteiger charge is -2.17. The van der Waals surface area contributed by atoms with Gasteiger partial charge in [-0.3, -0.25) is 0 Å². The molecule has 2 rings (SSSR count). The monoisotopic (exact) mass is 269 g/mol. The van der Waals surface area contributed by atoms with Gasteiger partial charge in [0.05, 0.1) is 6.61 Å². The van der Waals surface area contributed by atoms with Crippen molar-refractivity contribution in [3.05, 3.63) is 70.3 Å². The van der Waals surface area contributed by atoms with E-state index in [0.717, 1.165) is 12.1 Å². The molecule has 0 aliphatic rings. The van der Waals surface area contributed by atoms with Gasteiger partial charge in [-0.15, -0.1) is 0 Å². The number of benzene rings is 2. The molecular formula is C18H23NO. The van der Waals surface area contributed by atoms with Crippen molar-refractivity contribution < 1.29 is 5.11 Å². The normalized spacial score (nSPS) is 12.4. The number of nitrogens with one attached hydrogen (secondary N) is 1. The Balaban J connectivity index is 2.00. The van der Waals surface area contributed by atoms with Crippen LogP contribution in [0.5, 0.6) is 0 Å². The second-order valence-corrected chi connectivity index (χ2v) is 5.44. The Morgan fingerprint density at radius 1 is 1.00 bits per heavy atom. The zero-order valence-electron chi connectivity index (χ0n) is 12.5. The number of aryl methyl sites for hydroxylation is 2. The highest BCUT2D eigenvalue weighted by molar-refractivity contribution is 5.32. The molecule has 1 unspecified atom stereocenters. The second-order valence-electron chi connectivity index (χ2n) is 5.44. The van der Waals surface area contributed by atoms with Crippen molar-refractivity contribution in [2.24, 2.45) is 0 Å². The summed E-state index contributed by atoms with van der Waals surface area (Å²) in [6.45, 7) is 7.42. The first-order valence-electron chi connectivity index (χ1n) is 7.09. The van der Waals surface area contributed by atoms with E-state index in [1.807, 2.05) is 12.1 Å². The van der Waals surface area contributed by atoms with Gasteiger partial charge in [-0.25, -0.2) is 0 Å². The van der Waals surface area contributed by atoms with Crippen LogP contribution in [0.25, 0.3) is 0 Å². The lowest BCUT2D eigenvalue weighted by molar-refractivity contribution is 0.282. The summed E-state index contributed by atoms with van der Waals surface area (Å²) in [5.41, 5.74) is 6.17. The summed E-state index contributed by atoms with van der Waals surface area (Å²) < 4.78 is 0. The number of aliphatic hydroxyl groups is 1. The zero-order chi connectivity index (χ0) is 14.5. The van der Waals surface area contributed by atoms with E-state index < -0.39 is 0 Å². The van der Waals surface area contributed by atoms with Gasteiger partial charge in [0.2, 0.25) is 0 Å². The predicted molar refractivity (Wildman–Crippen MR) is 83.5 cm³/mol. The van der Waals surface area contributed by atoms with Gasteiger partial charge < -0.3 is 10.4 Å².